The summed E-state index contributed by atoms with van der Waals surface area (Å²) in [5, 5.41) is 2.63. The number of hydrogen-bond donors (Lipinski definition) is 2. The van der Waals surface area contributed by atoms with Gasteiger partial charge in [0, 0.05) is 18.6 Å². The van der Waals surface area contributed by atoms with Crippen molar-refractivity contribution in [3.05, 3.63) is 30.5 Å². The Balaban J connectivity index is 2.32. The van der Waals surface area contributed by atoms with Crippen molar-refractivity contribution in [1.29, 1.82) is 0 Å². The van der Waals surface area contributed by atoms with Gasteiger partial charge in [0.05, 0.1) is 6.33 Å². The highest BCUT2D eigenvalue weighted by atomic mass is 19.4. The minimum Gasteiger partial charge on any atom is -0.337 e. The van der Waals surface area contributed by atoms with Crippen LogP contribution in [0, 0.1) is 0 Å². The summed E-state index contributed by atoms with van der Waals surface area (Å²) < 4.78 is 38.0. The molecule has 0 amide bonds. The van der Waals surface area contributed by atoms with E-state index in [4.69, 9.17) is 5.73 Å². The number of aliphatic imine (C=N–C) groups is 1. The van der Waals surface area contributed by atoms with Crippen molar-refractivity contribution in [2.45, 2.75) is 12.1 Å². The lowest BCUT2D eigenvalue weighted by molar-refractivity contribution is -0.141. The number of aromatic nitrogens is 2. The number of nitrogens with zero attached hydrogens (tertiary/aromatic N) is 3. The Kier molecular flexibility index (Phi) is 2.23. The molecule has 5 nitrogen and oxygen atoms in total. The molecule has 0 fully saturated rings. The van der Waals surface area contributed by atoms with Gasteiger partial charge in [-0.1, -0.05) is 0 Å². The molecule has 1 atom stereocenters. The Morgan fingerprint density at radius 3 is 2.69 bits per heavy atom. The summed E-state index contributed by atoms with van der Waals surface area (Å²) >= 11 is 0. The summed E-state index contributed by atoms with van der Waals surface area (Å²) in [6.07, 6.45) is 1.74. The highest BCUT2D eigenvalue weighted by Crippen LogP contribution is 2.28. The summed E-state index contributed by atoms with van der Waals surface area (Å²) in [5.74, 6) is -1.45. The lowest BCUT2D eigenvalue weighted by Gasteiger charge is -2.27. The van der Waals surface area contributed by atoms with E-state index >= 15 is 0 Å². The van der Waals surface area contributed by atoms with Gasteiger partial charge >= 0.3 is 6.18 Å². The first-order valence-corrected chi connectivity index (χ1v) is 4.30. The number of nitrogens with two attached hydrogens (primary N) is 1. The zero-order valence-electron chi connectivity index (χ0n) is 7.94. The molecule has 0 radical (unpaired) electrons. The second kappa shape index (κ2) is 3.34. The van der Waals surface area contributed by atoms with E-state index in [0.717, 1.165) is 17.1 Å². The molecule has 0 spiro atoms. The smallest absolute Gasteiger partial charge is 0.337 e. The molecular weight excluding hydrogens is 223 g/mol. The molecular formula is C8H8F3N5. The zero-order chi connectivity index (χ0) is 11.8. The minimum absolute atomic E-state index is 0.795. The predicted molar refractivity (Wildman–Crippen MR) is 50.2 cm³/mol. The van der Waals surface area contributed by atoms with Gasteiger partial charge in [-0.3, -0.25) is 10.3 Å². The number of imidazole rings is 1. The highest BCUT2D eigenvalue weighted by molar-refractivity contribution is 5.72. The standard InChI is InChI=1S/C8H8F3N5/c9-7(10,11)6-4-16(5-13-6)8(12)14-2-1-3-15-8/h1-5,14H,12H2. The molecule has 1 aromatic heterocycles. The number of rotatable bonds is 1. The zero-order valence-corrected chi connectivity index (χ0v) is 7.94. The second-order valence-electron chi connectivity index (χ2n) is 3.17. The molecule has 1 unspecified atom stereocenters. The van der Waals surface area contributed by atoms with Gasteiger partial charge < -0.3 is 5.32 Å². The van der Waals surface area contributed by atoms with Gasteiger partial charge in [-0.15, -0.1) is 0 Å². The van der Waals surface area contributed by atoms with Crippen LogP contribution < -0.4 is 11.1 Å². The van der Waals surface area contributed by atoms with Crippen molar-refractivity contribution in [2.24, 2.45) is 10.7 Å². The molecule has 0 bridgehead atoms. The monoisotopic (exact) mass is 231 g/mol. The van der Waals surface area contributed by atoms with Crippen LogP contribution >= 0.6 is 0 Å². The molecule has 2 rings (SSSR count). The van der Waals surface area contributed by atoms with Crippen molar-refractivity contribution in [1.82, 2.24) is 14.9 Å². The van der Waals surface area contributed by atoms with Gasteiger partial charge in [0.2, 0.25) is 0 Å². The van der Waals surface area contributed by atoms with E-state index in [9.17, 15) is 13.2 Å². The lowest BCUT2D eigenvalue weighted by atomic mass is 10.4. The van der Waals surface area contributed by atoms with Crippen LogP contribution in [0.5, 0.6) is 0 Å². The van der Waals surface area contributed by atoms with E-state index < -0.39 is 17.8 Å². The number of nitrogens with one attached hydrogen (secondary N) is 1. The third-order valence-electron chi connectivity index (χ3n) is 2.02. The average molecular weight is 231 g/mol. The van der Waals surface area contributed by atoms with Crippen LogP contribution in [0.15, 0.2) is 29.8 Å². The Hall–Kier alpha value is -1.83. The molecule has 0 aromatic carbocycles. The van der Waals surface area contributed by atoms with Crippen molar-refractivity contribution in [2.75, 3.05) is 0 Å². The summed E-state index contributed by atoms with van der Waals surface area (Å²) in [6, 6.07) is 0. The first kappa shape index (κ1) is 10.7. The van der Waals surface area contributed by atoms with Crippen LogP contribution in [0.1, 0.15) is 5.69 Å². The van der Waals surface area contributed by atoms with Crippen LogP contribution in [0.2, 0.25) is 0 Å². The van der Waals surface area contributed by atoms with Crippen molar-refractivity contribution in [3.8, 4) is 0 Å². The Bertz CT molecular complexity index is 447. The third kappa shape index (κ3) is 1.78. The van der Waals surface area contributed by atoms with Crippen LogP contribution in [-0.4, -0.2) is 15.8 Å². The van der Waals surface area contributed by atoms with Crippen molar-refractivity contribution >= 4 is 6.21 Å². The molecule has 8 heteroatoms. The molecule has 1 aliphatic heterocycles. The Morgan fingerprint density at radius 2 is 2.19 bits per heavy atom. The first-order valence-electron chi connectivity index (χ1n) is 4.30. The molecule has 2 heterocycles. The topological polar surface area (TPSA) is 68.2 Å². The molecule has 0 saturated carbocycles. The quantitative estimate of drug-likeness (QED) is 0.744. The highest BCUT2D eigenvalue weighted by Gasteiger charge is 2.36. The fourth-order valence-electron chi connectivity index (χ4n) is 1.20. The van der Waals surface area contributed by atoms with E-state index in [1.54, 1.807) is 6.08 Å². The lowest BCUT2D eigenvalue weighted by Crippen LogP contribution is -2.52. The van der Waals surface area contributed by atoms with E-state index in [2.05, 4.69) is 15.3 Å². The second-order valence-corrected chi connectivity index (χ2v) is 3.17. The van der Waals surface area contributed by atoms with Gasteiger partial charge in [-0.25, -0.2) is 9.98 Å². The Morgan fingerprint density at radius 1 is 1.44 bits per heavy atom. The van der Waals surface area contributed by atoms with Crippen LogP contribution in [0.4, 0.5) is 13.2 Å². The van der Waals surface area contributed by atoms with Crippen LogP contribution in [0.3, 0.4) is 0 Å². The molecule has 86 valence electrons. The van der Waals surface area contributed by atoms with E-state index in [1.165, 1.54) is 12.4 Å². The number of halogens is 3. The van der Waals surface area contributed by atoms with Gasteiger partial charge in [0.25, 0.3) is 5.91 Å². The molecule has 1 aliphatic rings. The van der Waals surface area contributed by atoms with Crippen LogP contribution in [0.25, 0.3) is 0 Å². The van der Waals surface area contributed by atoms with Crippen molar-refractivity contribution < 1.29 is 13.2 Å². The first-order chi connectivity index (χ1) is 7.42. The SMILES string of the molecule is NC1(n2cnc(C(F)(F)F)c2)N=CC=CN1. The van der Waals surface area contributed by atoms with Gasteiger partial charge in [0.15, 0.2) is 5.69 Å². The molecule has 0 aliphatic carbocycles. The summed E-state index contributed by atoms with van der Waals surface area (Å²) in [6.45, 7) is 0. The maximum absolute atomic E-state index is 12.3. The minimum atomic E-state index is -4.49. The fourth-order valence-corrected chi connectivity index (χ4v) is 1.20. The summed E-state index contributed by atoms with van der Waals surface area (Å²) in [4.78, 5) is 7.07. The summed E-state index contributed by atoms with van der Waals surface area (Å²) in [7, 11) is 0. The fraction of sp³-hybridized carbons (Fsp3) is 0.250. The van der Waals surface area contributed by atoms with E-state index in [0.29, 0.717) is 0 Å². The molecule has 0 saturated heterocycles. The third-order valence-corrected chi connectivity index (χ3v) is 2.02. The maximum atomic E-state index is 12.3. The predicted octanol–water partition coefficient (Wildman–Crippen LogP) is 0.616. The average Bonchev–Trinajstić information content (AvgIpc) is 2.67. The Labute approximate surface area is 88.5 Å². The van der Waals surface area contributed by atoms with Crippen LogP contribution in [-0.2, 0) is 12.1 Å². The van der Waals surface area contributed by atoms with E-state index in [-0.39, 0.29) is 0 Å². The molecule has 16 heavy (non-hydrogen) atoms. The number of hydrogen-bond acceptors (Lipinski definition) is 4. The van der Waals surface area contributed by atoms with Gasteiger partial charge in [-0.2, -0.15) is 13.2 Å². The summed E-state index contributed by atoms with van der Waals surface area (Å²) in [5.41, 5.74) is 4.72. The number of alkyl halides is 3. The normalized spacial score (nSPS) is 24.5. The number of allylic oxidation sites excluding steroid dienone is 1. The molecule has 3 N–H and O–H groups in total. The largest absolute Gasteiger partial charge is 0.434 e. The van der Waals surface area contributed by atoms with Gasteiger partial charge in [0.1, 0.15) is 0 Å². The maximum Gasteiger partial charge on any atom is 0.434 e. The van der Waals surface area contributed by atoms with E-state index in [1.807, 2.05) is 0 Å². The van der Waals surface area contributed by atoms with Gasteiger partial charge in [-0.05, 0) is 6.08 Å². The van der Waals surface area contributed by atoms with Crippen molar-refractivity contribution in [3.63, 3.8) is 0 Å². The molecule has 1 aromatic rings.